The first kappa shape index (κ1) is 22.7. The highest BCUT2D eigenvalue weighted by Crippen LogP contribution is 2.94. The number of fused-ring (bicyclic) bond motifs is 1. The Morgan fingerprint density at radius 3 is 2.27 bits per heavy atom. The number of nitrogens with zero attached hydrogens (tertiary/aromatic N) is 3. The van der Waals surface area contributed by atoms with E-state index in [1.165, 1.54) is 23.0 Å². The third kappa shape index (κ3) is 3.49. The van der Waals surface area contributed by atoms with E-state index in [0.29, 0.717) is 5.82 Å². The van der Waals surface area contributed by atoms with Gasteiger partial charge in [-0.05, 0) is 69.4 Å². The van der Waals surface area contributed by atoms with E-state index in [4.69, 9.17) is 36.8 Å². The molecule has 0 amide bonds. The molecular weight excluding hydrogens is 443 g/mol. The number of hydrogen-bond donors (Lipinski definition) is 2. The van der Waals surface area contributed by atoms with E-state index < -0.39 is 28.7 Å². The van der Waals surface area contributed by atoms with Gasteiger partial charge in [0.1, 0.15) is 26.4 Å². The van der Waals surface area contributed by atoms with Crippen molar-refractivity contribution in [1.29, 1.82) is 0 Å². The largest absolute Gasteiger partial charge is 0.485 e. The molecule has 3 fully saturated rings. The minimum absolute atomic E-state index is 0.0167. The van der Waals surface area contributed by atoms with Gasteiger partial charge in [-0.1, -0.05) is 11.6 Å². The van der Waals surface area contributed by atoms with Gasteiger partial charge < -0.3 is 19.7 Å². The molecule has 2 spiro atoms. The Hall–Kier alpha value is -2.03. The lowest BCUT2D eigenvalue weighted by molar-refractivity contribution is -0.230. The predicted molar refractivity (Wildman–Crippen MR) is 120 cm³/mol. The molecule has 2 aromatic heterocycles. The molecule has 0 saturated heterocycles. The molecule has 3 saturated carbocycles. The van der Waals surface area contributed by atoms with Crippen molar-refractivity contribution in [3.63, 3.8) is 0 Å². The highest BCUT2D eigenvalue weighted by molar-refractivity contribution is 6.40. The molecule has 3 aliphatic carbocycles. The monoisotopic (exact) mass is 467 g/mol. The van der Waals surface area contributed by atoms with Crippen LogP contribution in [0, 0.1) is 16.7 Å². The number of aliphatic hydroxyl groups is 2. The second kappa shape index (κ2) is 6.77. The smallest absolute Gasteiger partial charge is 0.341 e. The van der Waals surface area contributed by atoms with E-state index in [1.54, 1.807) is 26.8 Å². The van der Waals surface area contributed by atoms with Gasteiger partial charge >= 0.3 is 5.97 Å². The summed E-state index contributed by atoms with van der Waals surface area (Å²) in [4.78, 5) is 16.5. The highest BCUT2D eigenvalue weighted by atomic mass is 35.5. The quantitative estimate of drug-likeness (QED) is 0.290. The lowest BCUT2D eigenvalue weighted by Gasteiger charge is -2.40. The molecule has 0 aromatic carbocycles. The molecule has 0 bridgehead atoms. The Balaban J connectivity index is 1.31. The van der Waals surface area contributed by atoms with Crippen molar-refractivity contribution in [2.45, 2.75) is 63.2 Å². The molecule has 2 heterocycles. The van der Waals surface area contributed by atoms with Crippen molar-refractivity contribution >= 4 is 33.3 Å². The van der Waals surface area contributed by atoms with Gasteiger partial charge in [-0.3, -0.25) is 0 Å². The zero-order valence-corrected chi connectivity index (χ0v) is 19.5. The summed E-state index contributed by atoms with van der Waals surface area (Å²) < 4.78 is 12.2. The van der Waals surface area contributed by atoms with Crippen molar-refractivity contribution in [2.75, 3.05) is 0 Å². The minimum Gasteiger partial charge on any atom is -0.485 e. The summed E-state index contributed by atoms with van der Waals surface area (Å²) in [5.41, 5.74) is -0.656. The number of ether oxygens (including phenoxy) is 2. The van der Waals surface area contributed by atoms with Crippen LogP contribution < -0.4 is 4.74 Å². The maximum Gasteiger partial charge on any atom is 0.341 e. The molecule has 2 aromatic rings. The van der Waals surface area contributed by atoms with Crippen molar-refractivity contribution in [3.05, 3.63) is 35.1 Å². The number of carbonyl (C=O) groups is 1. The summed E-state index contributed by atoms with van der Waals surface area (Å²) in [6, 6.07) is 4.50. The van der Waals surface area contributed by atoms with E-state index in [1.807, 2.05) is 0 Å². The fourth-order valence-electron chi connectivity index (χ4n) is 5.35. The van der Waals surface area contributed by atoms with Crippen LogP contribution in [0.1, 0.15) is 56.8 Å². The van der Waals surface area contributed by atoms with Gasteiger partial charge in [0.05, 0.1) is 11.0 Å². The van der Waals surface area contributed by atoms with Crippen LogP contribution in [-0.4, -0.2) is 63.4 Å². The number of hydrogen-bond acceptors (Lipinski definition) is 7. The van der Waals surface area contributed by atoms with E-state index in [9.17, 15) is 15.0 Å². The first-order chi connectivity index (χ1) is 15.2. The van der Waals surface area contributed by atoms with Gasteiger partial charge in [-0.2, -0.15) is 0 Å². The fraction of sp³-hybridized carbons (Fsp3) is 0.591. The van der Waals surface area contributed by atoms with Crippen molar-refractivity contribution in [2.24, 2.45) is 16.7 Å². The molecule has 4 radical (unpaired) electrons. The van der Waals surface area contributed by atoms with E-state index >= 15 is 0 Å². The van der Waals surface area contributed by atoms with Gasteiger partial charge in [-0.25, -0.2) is 14.5 Å². The zero-order chi connectivity index (χ0) is 24.0. The SMILES string of the molecule is [B]C([B])(Oc1ccn(-c2ccc(C(=O)OC(C)(C)C)c(Cl)n2)n1)C(O)(O)C1C2(CC2)C12CC2. The van der Waals surface area contributed by atoms with Crippen molar-refractivity contribution < 1.29 is 24.5 Å². The summed E-state index contributed by atoms with van der Waals surface area (Å²) in [5.74, 6) is -3.11. The summed E-state index contributed by atoms with van der Waals surface area (Å²) in [6.07, 6.45) is 5.34. The summed E-state index contributed by atoms with van der Waals surface area (Å²) >= 11 is 6.19. The molecule has 0 atom stereocenters. The van der Waals surface area contributed by atoms with Gasteiger partial charge in [0, 0.05) is 18.2 Å². The molecule has 2 N–H and O–H groups in total. The van der Waals surface area contributed by atoms with Crippen LogP contribution in [-0.2, 0) is 4.74 Å². The summed E-state index contributed by atoms with van der Waals surface area (Å²) in [7, 11) is 12.1. The number of pyridine rings is 1. The highest BCUT2D eigenvalue weighted by Gasteiger charge is 2.91. The molecule has 33 heavy (non-hydrogen) atoms. The van der Waals surface area contributed by atoms with Crippen LogP contribution >= 0.6 is 11.6 Å². The number of rotatable bonds is 6. The Kier molecular flexibility index (Phi) is 4.66. The average molecular weight is 468 g/mol. The molecule has 5 rings (SSSR count). The lowest BCUT2D eigenvalue weighted by Crippen LogP contribution is -2.61. The molecule has 0 unspecified atom stereocenters. The number of esters is 1. The lowest BCUT2D eigenvalue weighted by atomic mass is 9.58. The van der Waals surface area contributed by atoms with E-state index in [2.05, 4.69) is 10.1 Å². The normalized spacial score (nSPS) is 20.7. The van der Waals surface area contributed by atoms with Crippen LogP contribution in [0.4, 0.5) is 0 Å². The zero-order valence-electron chi connectivity index (χ0n) is 18.7. The first-order valence-electron chi connectivity index (χ1n) is 10.9. The molecular formula is C22H24B2ClN3O5. The van der Waals surface area contributed by atoms with Crippen LogP contribution in [0.3, 0.4) is 0 Å². The third-order valence-electron chi connectivity index (χ3n) is 7.09. The van der Waals surface area contributed by atoms with Crippen LogP contribution in [0.5, 0.6) is 5.88 Å². The molecule has 11 heteroatoms. The second-order valence-electron chi connectivity index (χ2n) is 10.5. The fourth-order valence-corrected chi connectivity index (χ4v) is 5.58. The topological polar surface area (TPSA) is 107 Å². The average Bonchev–Trinajstić information content (AvgIpc) is 3.63. The summed E-state index contributed by atoms with van der Waals surface area (Å²) in [6.45, 7) is 5.27. The Morgan fingerprint density at radius 2 is 1.76 bits per heavy atom. The number of aromatic nitrogens is 3. The maximum atomic E-state index is 12.3. The van der Waals surface area contributed by atoms with Gasteiger partial charge in [0.2, 0.25) is 5.88 Å². The Bertz CT molecular complexity index is 1120. The van der Waals surface area contributed by atoms with Gasteiger partial charge in [-0.15, -0.1) is 5.10 Å². The van der Waals surface area contributed by atoms with Crippen LogP contribution in [0.25, 0.3) is 5.82 Å². The Labute approximate surface area is 199 Å². The van der Waals surface area contributed by atoms with Crippen LogP contribution in [0.2, 0.25) is 5.15 Å². The van der Waals surface area contributed by atoms with Gasteiger partial charge in [0.25, 0.3) is 0 Å². The number of halogens is 1. The second-order valence-corrected chi connectivity index (χ2v) is 10.8. The van der Waals surface area contributed by atoms with Crippen molar-refractivity contribution in [3.8, 4) is 11.7 Å². The molecule has 3 aliphatic rings. The third-order valence-corrected chi connectivity index (χ3v) is 7.38. The standard InChI is InChI=1S/C22H24B2ClN3O5/c1-18(2,3)33-16(29)12-4-5-13(26-15(12)25)28-11-6-14(27-28)32-22(23,24)21(30,31)17-19(7-8-19)20(17)9-10-20/h4-6,11,17,30-31H,7-10H2,1-3H3. The predicted octanol–water partition coefficient (Wildman–Crippen LogP) is 2.12. The minimum atomic E-state index is -2.40. The van der Waals surface area contributed by atoms with Crippen molar-refractivity contribution in [1.82, 2.24) is 14.8 Å². The van der Waals surface area contributed by atoms with Crippen LogP contribution in [0.15, 0.2) is 24.4 Å². The molecule has 8 nitrogen and oxygen atoms in total. The first-order valence-corrected chi connectivity index (χ1v) is 11.3. The molecule has 170 valence electrons. The summed E-state index contributed by atoms with van der Waals surface area (Å²) in [5, 5.41) is 23.7. The Morgan fingerprint density at radius 1 is 1.15 bits per heavy atom. The number of carbonyl (C=O) groups excluding carboxylic acids is 1. The maximum absolute atomic E-state index is 12.3. The van der Waals surface area contributed by atoms with E-state index in [-0.39, 0.29) is 27.4 Å². The van der Waals surface area contributed by atoms with Gasteiger partial charge in [0.15, 0.2) is 11.6 Å². The van der Waals surface area contributed by atoms with E-state index in [0.717, 1.165) is 25.7 Å². The molecule has 0 aliphatic heterocycles.